The van der Waals surface area contributed by atoms with Crippen LogP contribution >= 0.6 is 11.3 Å². The van der Waals surface area contributed by atoms with E-state index in [9.17, 15) is 4.79 Å². The number of rotatable bonds is 7. The van der Waals surface area contributed by atoms with Gasteiger partial charge in [-0.25, -0.2) is 0 Å². The Bertz CT molecular complexity index is 753. The molecule has 0 bridgehead atoms. The molecule has 24 heavy (non-hydrogen) atoms. The quantitative estimate of drug-likeness (QED) is 0.778. The van der Waals surface area contributed by atoms with Gasteiger partial charge in [0.15, 0.2) is 11.5 Å². The molecular weight excluding hydrogens is 326 g/mol. The SMILES string of the molecule is CCOc1ccc(C=CC(=O)Nc2nnc(C3CC3)s2)cc1OC. The minimum Gasteiger partial charge on any atom is -0.493 e. The normalized spacial score (nSPS) is 13.9. The number of carbonyl (C=O) groups excluding carboxylic acids is 1. The maximum absolute atomic E-state index is 12.0. The second-order valence-electron chi connectivity index (χ2n) is 5.39. The van der Waals surface area contributed by atoms with Crippen LogP contribution in [0.2, 0.25) is 0 Å². The molecular formula is C17H19N3O3S. The van der Waals surface area contributed by atoms with Gasteiger partial charge in [0.05, 0.1) is 13.7 Å². The number of carbonyl (C=O) groups is 1. The number of anilines is 1. The molecule has 1 N–H and O–H groups in total. The molecule has 3 rings (SSSR count). The van der Waals surface area contributed by atoms with Gasteiger partial charge in [-0.1, -0.05) is 17.4 Å². The Morgan fingerprint density at radius 1 is 1.38 bits per heavy atom. The highest BCUT2D eigenvalue weighted by Crippen LogP contribution is 2.42. The highest BCUT2D eigenvalue weighted by molar-refractivity contribution is 7.15. The molecule has 2 aromatic rings. The second kappa shape index (κ2) is 7.44. The Balaban J connectivity index is 1.62. The fraction of sp³-hybridized carbons (Fsp3) is 0.353. The van der Waals surface area contributed by atoms with Crippen molar-refractivity contribution >= 4 is 28.5 Å². The molecule has 0 aliphatic heterocycles. The summed E-state index contributed by atoms with van der Waals surface area (Å²) in [7, 11) is 1.59. The number of nitrogens with zero attached hydrogens (tertiary/aromatic N) is 2. The van der Waals surface area contributed by atoms with Crippen molar-refractivity contribution in [2.24, 2.45) is 0 Å². The van der Waals surface area contributed by atoms with Gasteiger partial charge in [0.2, 0.25) is 11.0 Å². The zero-order valence-electron chi connectivity index (χ0n) is 13.6. The minimum absolute atomic E-state index is 0.235. The lowest BCUT2D eigenvalue weighted by molar-refractivity contribution is -0.111. The number of benzene rings is 1. The predicted molar refractivity (Wildman–Crippen MR) is 93.7 cm³/mol. The summed E-state index contributed by atoms with van der Waals surface area (Å²) in [6.45, 7) is 2.48. The fourth-order valence-corrected chi connectivity index (χ4v) is 3.08. The Morgan fingerprint density at radius 2 is 2.21 bits per heavy atom. The van der Waals surface area contributed by atoms with Crippen LogP contribution in [0.1, 0.15) is 36.3 Å². The van der Waals surface area contributed by atoms with E-state index in [0.29, 0.717) is 29.2 Å². The lowest BCUT2D eigenvalue weighted by Gasteiger charge is -2.09. The summed E-state index contributed by atoms with van der Waals surface area (Å²) in [6, 6.07) is 5.52. The predicted octanol–water partition coefficient (Wildman–Crippen LogP) is 3.47. The molecule has 0 radical (unpaired) electrons. The largest absolute Gasteiger partial charge is 0.493 e. The van der Waals surface area contributed by atoms with Crippen molar-refractivity contribution in [3.05, 3.63) is 34.8 Å². The van der Waals surface area contributed by atoms with E-state index in [1.165, 1.54) is 30.3 Å². The van der Waals surface area contributed by atoms with E-state index in [1.54, 1.807) is 13.2 Å². The number of amides is 1. The Labute approximate surface area is 144 Å². The van der Waals surface area contributed by atoms with E-state index in [0.717, 1.165) is 10.6 Å². The van der Waals surface area contributed by atoms with Crippen LogP contribution in [0.25, 0.3) is 6.08 Å². The zero-order valence-corrected chi connectivity index (χ0v) is 14.4. The maximum Gasteiger partial charge on any atom is 0.250 e. The standard InChI is InChI=1S/C17H19N3O3S/c1-3-23-13-8-4-11(10-14(13)22-2)5-9-15(21)18-17-20-19-16(24-17)12-6-7-12/h4-5,8-10,12H,3,6-7H2,1-2H3,(H,18,20,21). The molecule has 1 aromatic heterocycles. The zero-order chi connectivity index (χ0) is 16.9. The van der Waals surface area contributed by atoms with Crippen LogP contribution < -0.4 is 14.8 Å². The minimum atomic E-state index is -0.235. The molecule has 1 aromatic carbocycles. The summed E-state index contributed by atoms with van der Waals surface area (Å²) in [5.41, 5.74) is 0.849. The summed E-state index contributed by atoms with van der Waals surface area (Å²) in [4.78, 5) is 12.0. The average molecular weight is 345 g/mol. The van der Waals surface area contributed by atoms with Gasteiger partial charge in [0, 0.05) is 12.0 Å². The molecule has 1 heterocycles. The van der Waals surface area contributed by atoms with Gasteiger partial charge in [-0.2, -0.15) is 0 Å². The summed E-state index contributed by atoms with van der Waals surface area (Å²) in [5, 5.41) is 12.4. The summed E-state index contributed by atoms with van der Waals surface area (Å²) < 4.78 is 10.8. The van der Waals surface area contributed by atoms with Crippen LogP contribution in [0.5, 0.6) is 11.5 Å². The van der Waals surface area contributed by atoms with Crippen LogP contribution in [-0.4, -0.2) is 29.8 Å². The topological polar surface area (TPSA) is 73.3 Å². The first-order valence-corrected chi connectivity index (χ1v) is 8.64. The third-order valence-electron chi connectivity index (χ3n) is 3.51. The second-order valence-corrected chi connectivity index (χ2v) is 6.39. The van der Waals surface area contributed by atoms with E-state index >= 15 is 0 Å². The van der Waals surface area contributed by atoms with Gasteiger partial charge in [0.25, 0.3) is 0 Å². The molecule has 0 atom stereocenters. The van der Waals surface area contributed by atoms with Gasteiger partial charge in [-0.05, 0) is 43.5 Å². The van der Waals surface area contributed by atoms with Crippen molar-refractivity contribution in [2.45, 2.75) is 25.7 Å². The smallest absolute Gasteiger partial charge is 0.250 e. The number of methoxy groups -OCH3 is 1. The molecule has 6 nitrogen and oxygen atoms in total. The number of aromatic nitrogens is 2. The van der Waals surface area contributed by atoms with Crippen molar-refractivity contribution in [3.8, 4) is 11.5 Å². The molecule has 1 fully saturated rings. The third-order valence-corrected chi connectivity index (χ3v) is 4.51. The first kappa shape index (κ1) is 16.4. The molecule has 7 heteroatoms. The summed E-state index contributed by atoms with van der Waals surface area (Å²) in [6.07, 6.45) is 5.52. The number of ether oxygens (including phenoxy) is 2. The summed E-state index contributed by atoms with van der Waals surface area (Å²) in [5.74, 6) is 1.63. The molecule has 1 aliphatic carbocycles. The molecule has 0 saturated heterocycles. The van der Waals surface area contributed by atoms with Crippen molar-refractivity contribution in [3.63, 3.8) is 0 Å². The molecule has 1 saturated carbocycles. The highest BCUT2D eigenvalue weighted by Gasteiger charge is 2.27. The first-order valence-electron chi connectivity index (χ1n) is 7.83. The van der Waals surface area contributed by atoms with E-state index in [-0.39, 0.29) is 5.91 Å². The number of nitrogens with one attached hydrogen (secondary N) is 1. The van der Waals surface area contributed by atoms with Crippen molar-refractivity contribution < 1.29 is 14.3 Å². The maximum atomic E-state index is 12.0. The third kappa shape index (κ3) is 4.11. The van der Waals surface area contributed by atoms with Crippen molar-refractivity contribution in [1.82, 2.24) is 10.2 Å². The van der Waals surface area contributed by atoms with Crippen LogP contribution in [0.15, 0.2) is 24.3 Å². The van der Waals surface area contributed by atoms with Crippen LogP contribution in [0, 0.1) is 0 Å². The monoisotopic (exact) mass is 345 g/mol. The van der Waals surface area contributed by atoms with E-state index in [2.05, 4.69) is 15.5 Å². The van der Waals surface area contributed by atoms with E-state index < -0.39 is 0 Å². The molecule has 1 aliphatic rings. The van der Waals surface area contributed by atoms with Crippen LogP contribution in [-0.2, 0) is 4.79 Å². The fourth-order valence-electron chi connectivity index (χ4n) is 2.16. The van der Waals surface area contributed by atoms with Gasteiger partial charge in [-0.15, -0.1) is 10.2 Å². The van der Waals surface area contributed by atoms with Crippen LogP contribution in [0.3, 0.4) is 0 Å². The van der Waals surface area contributed by atoms with Gasteiger partial charge in [-0.3, -0.25) is 10.1 Å². The van der Waals surface area contributed by atoms with E-state index in [1.807, 2.05) is 25.1 Å². The molecule has 0 spiro atoms. The molecule has 0 unspecified atom stereocenters. The van der Waals surface area contributed by atoms with Crippen molar-refractivity contribution in [2.75, 3.05) is 19.0 Å². The lowest BCUT2D eigenvalue weighted by atomic mass is 10.2. The van der Waals surface area contributed by atoms with Gasteiger partial charge >= 0.3 is 0 Å². The van der Waals surface area contributed by atoms with Crippen LogP contribution in [0.4, 0.5) is 5.13 Å². The Morgan fingerprint density at radius 3 is 2.92 bits per heavy atom. The number of hydrogen-bond acceptors (Lipinski definition) is 6. The van der Waals surface area contributed by atoms with Gasteiger partial charge in [0.1, 0.15) is 5.01 Å². The van der Waals surface area contributed by atoms with Crippen molar-refractivity contribution in [1.29, 1.82) is 0 Å². The molecule has 126 valence electrons. The summed E-state index contributed by atoms with van der Waals surface area (Å²) >= 11 is 1.44. The molecule has 1 amide bonds. The van der Waals surface area contributed by atoms with Gasteiger partial charge < -0.3 is 9.47 Å². The first-order chi connectivity index (χ1) is 11.7. The number of hydrogen-bond donors (Lipinski definition) is 1. The average Bonchev–Trinajstić information content (AvgIpc) is 3.34. The highest BCUT2D eigenvalue weighted by atomic mass is 32.1. The Kier molecular flexibility index (Phi) is 5.10. The van der Waals surface area contributed by atoms with E-state index in [4.69, 9.17) is 9.47 Å². The lowest BCUT2D eigenvalue weighted by Crippen LogP contribution is -2.07. The Hall–Kier alpha value is -2.41.